The van der Waals surface area contributed by atoms with E-state index >= 15 is 0 Å². The fourth-order valence-corrected chi connectivity index (χ4v) is 4.22. The van der Waals surface area contributed by atoms with Gasteiger partial charge in [-0.15, -0.1) is 10.2 Å². The van der Waals surface area contributed by atoms with Gasteiger partial charge in [-0.25, -0.2) is 8.42 Å². The van der Waals surface area contributed by atoms with Crippen molar-refractivity contribution in [2.45, 2.75) is 4.90 Å². The van der Waals surface area contributed by atoms with E-state index in [1.165, 1.54) is 18.3 Å². The summed E-state index contributed by atoms with van der Waals surface area (Å²) in [4.78, 5) is 4.34. The molecule has 152 valence electrons. The summed E-state index contributed by atoms with van der Waals surface area (Å²) < 4.78 is 29.4. The molecule has 0 bridgehead atoms. The van der Waals surface area contributed by atoms with E-state index in [1.54, 1.807) is 35.0 Å². The van der Waals surface area contributed by atoms with Crippen molar-refractivity contribution >= 4 is 21.4 Å². The van der Waals surface area contributed by atoms with Crippen LogP contribution < -0.4 is 4.72 Å². The van der Waals surface area contributed by atoms with Crippen LogP contribution in [0.1, 0.15) is 0 Å². The highest BCUT2D eigenvalue weighted by atomic mass is 32.2. The first-order chi connectivity index (χ1) is 15.1. The molecule has 0 spiro atoms. The standard InChI is InChI=1S/C22H16N6O2S/c29-31(30,19-9-5-2-6-10-19)27-18-13-17(14-23-15-18)22-25-24-21-12-11-20(26-28(21)22)16-7-3-1-4-8-16/h1-15,27H. The van der Waals surface area contributed by atoms with Crippen molar-refractivity contribution in [3.63, 3.8) is 0 Å². The van der Waals surface area contributed by atoms with Crippen LogP contribution in [0.5, 0.6) is 0 Å². The van der Waals surface area contributed by atoms with Gasteiger partial charge in [-0.05, 0) is 30.3 Å². The van der Waals surface area contributed by atoms with Crippen LogP contribution in [0.25, 0.3) is 28.3 Å². The molecule has 5 rings (SSSR count). The number of nitrogens with one attached hydrogen (secondary N) is 1. The van der Waals surface area contributed by atoms with E-state index in [4.69, 9.17) is 0 Å². The van der Waals surface area contributed by atoms with Crippen molar-refractivity contribution in [2.24, 2.45) is 0 Å². The van der Waals surface area contributed by atoms with Gasteiger partial charge in [0, 0.05) is 17.3 Å². The molecule has 0 fully saturated rings. The second-order valence-electron chi connectivity index (χ2n) is 6.76. The van der Waals surface area contributed by atoms with Gasteiger partial charge in [-0.1, -0.05) is 48.5 Å². The highest BCUT2D eigenvalue weighted by Crippen LogP contribution is 2.24. The van der Waals surface area contributed by atoms with Crippen molar-refractivity contribution in [2.75, 3.05) is 4.72 Å². The first kappa shape index (κ1) is 18.9. The van der Waals surface area contributed by atoms with Gasteiger partial charge < -0.3 is 0 Å². The normalized spacial score (nSPS) is 11.5. The smallest absolute Gasteiger partial charge is 0.261 e. The van der Waals surface area contributed by atoms with Crippen LogP contribution in [0.2, 0.25) is 0 Å². The van der Waals surface area contributed by atoms with Crippen LogP contribution in [0, 0.1) is 0 Å². The molecular formula is C22H16N6O2S. The second-order valence-corrected chi connectivity index (χ2v) is 8.44. The van der Waals surface area contributed by atoms with Crippen molar-refractivity contribution in [3.05, 3.63) is 91.3 Å². The van der Waals surface area contributed by atoms with Gasteiger partial charge in [0.15, 0.2) is 11.5 Å². The number of pyridine rings is 1. The summed E-state index contributed by atoms with van der Waals surface area (Å²) in [6.45, 7) is 0. The fraction of sp³-hybridized carbons (Fsp3) is 0. The van der Waals surface area contributed by atoms with E-state index in [0.29, 0.717) is 22.7 Å². The predicted molar refractivity (Wildman–Crippen MR) is 117 cm³/mol. The predicted octanol–water partition coefficient (Wildman–Crippen LogP) is 3.65. The van der Waals surface area contributed by atoms with Crippen LogP contribution >= 0.6 is 0 Å². The Kier molecular flexibility index (Phi) is 4.64. The zero-order valence-corrected chi connectivity index (χ0v) is 16.9. The van der Waals surface area contributed by atoms with E-state index in [-0.39, 0.29) is 4.90 Å². The zero-order chi connectivity index (χ0) is 21.3. The van der Waals surface area contributed by atoms with Crippen molar-refractivity contribution < 1.29 is 8.42 Å². The number of rotatable bonds is 5. The van der Waals surface area contributed by atoms with Crippen molar-refractivity contribution in [1.82, 2.24) is 24.8 Å². The van der Waals surface area contributed by atoms with E-state index < -0.39 is 10.0 Å². The maximum Gasteiger partial charge on any atom is 0.261 e. The van der Waals surface area contributed by atoms with Crippen LogP contribution in [-0.4, -0.2) is 33.2 Å². The first-order valence-electron chi connectivity index (χ1n) is 9.41. The maximum absolute atomic E-state index is 12.6. The largest absolute Gasteiger partial charge is 0.278 e. The van der Waals surface area contributed by atoms with Gasteiger partial charge >= 0.3 is 0 Å². The molecule has 0 radical (unpaired) electrons. The Hall–Kier alpha value is -4.11. The molecule has 0 aliphatic heterocycles. The topological polar surface area (TPSA) is 102 Å². The Morgan fingerprint density at radius 2 is 1.52 bits per heavy atom. The van der Waals surface area contributed by atoms with E-state index in [1.807, 2.05) is 42.5 Å². The number of sulfonamides is 1. The lowest BCUT2D eigenvalue weighted by Gasteiger charge is -2.09. The van der Waals surface area contributed by atoms with Gasteiger partial charge in [-0.2, -0.15) is 9.61 Å². The van der Waals surface area contributed by atoms with Gasteiger partial charge in [0.1, 0.15) is 0 Å². The molecule has 5 aromatic rings. The Morgan fingerprint density at radius 1 is 0.774 bits per heavy atom. The summed E-state index contributed by atoms with van der Waals surface area (Å²) in [5, 5.41) is 13.1. The summed E-state index contributed by atoms with van der Waals surface area (Å²) in [5.74, 6) is 0.459. The van der Waals surface area contributed by atoms with Gasteiger partial charge in [0.05, 0.1) is 22.5 Å². The lowest BCUT2D eigenvalue weighted by atomic mass is 10.1. The third kappa shape index (κ3) is 3.74. The highest BCUT2D eigenvalue weighted by Gasteiger charge is 2.16. The Balaban J connectivity index is 1.53. The molecule has 2 aromatic carbocycles. The second kappa shape index (κ2) is 7.62. The number of aromatic nitrogens is 5. The molecule has 0 atom stereocenters. The van der Waals surface area contributed by atoms with Crippen LogP contribution in [0.15, 0.2) is 96.2 Å². The lowest BCUT2D eigenvalue weighted by molar-refractivity contribution is 0.601. The average molecular weight is 428 g/mol. The number of benzene rings is 2. The number of hydrogen-bond acceptors (Lipinski definition) is 6. The molecule has 9 heteroatoms. The third-order valence-corrected chi connectivity index (χ3v) is 6.03. The molecular weight excluding hydrogens is 412 g/mol. The molecule has 0 amide bonds. The zero-order valence-electron chi connectivity index (χ0n) is 16.1. The fourth-order valence-electron chi connectivity index (χ4n) is 3.16. The Morgan fingerprint density at radius 3 is 2.29 bits per heavy atom. The number of nitrogens with zero attached hydrogens (tertiary/aromatic N) is 5. The van der Waals surface area contributed by atoms with Gasteiger partial charge in [0.2, 0.25) is 0 Å². The summed E-state index contributed by atoms with van der Waals surface area (Å²) in [7, 11) is -3.73. The van der Waals surface area contributed by atoms with Crippen LogP contribution in [-0.2, 0) is 10.0 Å². The average Bonchev–Trinajstić information content (AvgIpc) is 3.23. The molecule has 3 heterocycles. The van der Waals surface area contributed by atoms with E-state index in [2.05, 4.69) is 25.0 Å². The molecule has 0 unspecified atom stereocenters. The lowest BCUT2D eigenvalue weighted by Crippen LogP contribution is -2.13. The van der Waals surface area contributed by atoms with E-state index in [0.717, 1.165) is 11.3 Å². The van der Waals surface area contributed by atoms with Gasteiger partial charge in [-0.3, -0.25) is 9.71 Å². The number of hydrogen-bond donors (Lipinski definition) is 1. The summed E-state index contributed by atoms with van der Waals surface area (Å²) in [5.41, 5.74) is 3.20. The SMILES string of the molecule is O=S(=O)(Nc1cncc(-c2nnc3ccc(-c4ccccc4)nn23)c1)c1ccccc1. The number of anilines is 1. The molecule has 8 nitrogen and oxygen atoms in total. The van der Waals surface area contributed by atoms with Crippen molar-refractivity contribution in [3.8, 4) is 22.6 Å². The molecule has 1 N–H and O–H groups in total. The van der Waals surface area contributed by atoms with Gasteiger partial charge in [0.25, 0.3) is 10.0 Å². The quantitative estimate of drug-likeness (QED) is 0.458. The summed E-state index contributed by atoms with van der Waals surface area (Å²) >= 11 is 0. The maximum atomic E-state index is 12.6. The molecule has 3 aromatic heterocycles. The third-order valence-electron chi connectivity index (χ3n) is 4.63. The van der Waals surface area contributed by atoms with Crippen molar-refractivity contribution in [1.29, 1.82) is 0 Å². The molecule has 31 heavy (non-hydrogen) atoms. The Labute approximate surface area is 178 Å². The Bertz CT molecular complexity index is 1470. The monoisotopic (exact) mass is 428 g/mol. The van der Waals surface area contributed by atoms with Crippen LogP contribution in [0.3, 0.4) is 0 Å². The number of fused-ring (bicyclic) bond motifs is 1. The molecule has 0 aliphatic rings. The molecule has 0 saturated heterocycles. The minimum atomic E-state index is -3.73. The summed E-state index contributed by atoms with van der Waals surface area (Å²) in [6.07, 6.45) is 3.03. The first-order valence-corrected chi connectivity index (χ1v) is 10.9. The highest BCUT2D eigenvalue weighted by molar-refractivity contribution is 7.92. The minimum absolute atomic E-state index is 0.169. The molecule has 0 saturated carbocycles. The molecule has 0 aliphatic carbocycles. The minimum Gasteiger partial charge on any atom is -0.278 e. The summed E-state index contributed by atoms with van der Waals surface area (Å²) in [6, 6.07) is 23.3. The van der Waals surface area contributed by atoms with E-state index in [9.17, 15) is 8.42 Å². The van der Waals surface area contributed by atoms with Crippen LogP contribution in [0.4, 0.5) is 5.69 Å².